The average molecular weight is 386 g/mol. The van der Waals surface area contributed by atoms with Crippen molar-refractivity contribution in [3.63, 3.8) is 0 Å². The number of hydrogen-bond acceptors (Lipinski definition) is 7. The van der Waals surface area contributed by atoms with E-state index in [4.69, 9.17) is 18.6 Å². The summed E-state index contributed by atoms with van der Waals surface area (Å²) >= 11 is 0. The fraction of sp³-hybridized carbons (Fsp3) is 0.381. The van der Waals surface area contributed by atoms with Crippen molar-refractivity contribution in [1.29, 1.82) is 0 Å². The molecule has 1 aliphatic rings. The summed E-state index contributed by atoms with van der Waals surface area (Å²) in [5.74, 6) is -0.595. The third-order valence-corrected chi connectivity index (χ3v) is 4.33. The minimum Gasteiger partial charge on any atom is -0.481 e. The van der Waals surface area contributed by atoms with Crippen molar-refractivity contribution >= 4 is 22.9 Å². The van der Waals surface area contributed by atoms with Gasteiger partial charge in [-0.3, -0.25) is 4.79 Å². The van der Waals surface area contributed by atoms with Gasteiger partial charge in [0.05, 0.1) is 0 Å². The normalized spacial score (nSPS) is 18.2. The van der Waals surface area contributed by atoms with Crippen LogP contribution in [-0.4, -0.2) is 23.6 Å². The standard InChI is InChI=1S/C21H22O7/c1-11(2)8-18(24)27-19-14-9-13-6-7-17(23)25-15(13)10-16(14)26-20(19)21(4,5)28-12(3)22/h6-10,19-20H,1-5H3/t19-,20+/m1/s1. The Bertz CT molecular complexity index is 1020. The Balaban J connectivity index is 2.08. The zero-order valence-electron chi connectivity index (χ0n) is 16.4. The van der Waals surface area contributed by atoms with Crippen LogP contribution in [0.4, 0.5) is 0 Å². The first-order valence-corrected chi connectivity index (χ1v) is 8.86. The molecule has 0 fully saturated rings. The summed E-state index contributed by atoms with van der Waals surface area (Å²) in [5.41, 5.74) is 0.205. The van der Waals surface area contributed by atoms with Gasteiger partial charge in [-0.05, 0) is 39.8 Å². The lowest BCUT2D eigenvalue weighted by molar-refractivity contribution is -0.173. The maximum atomic E-state index is 12.3. The molecule has 2 heterocycles. The first-order valence-electron chi connectivity index (χ1n) is 8.86. The minimum absolute atomic E-state index is 0.353. The first-order chi connectivity index (χ1) is 13.1. The molecule has 1 aromatic heterocycles. The van der Waals surface area contributed by atoms with Crippen LogP contribution in [0.15, 0.2) is 45.1 Å². The Kier molecular flexibility index (Phi) is 5.02. The molecule has 2 atom stereocenters. The topological polar surface area (TPSA) is 92.0 Å². The Morgan fingerprint density at radius 3 is 2.50 bits per heavy atom. The molecule has 0 N–H and O–H groups in total. The van der Waals surface area contributed by atoms with Crippen LogP contribution in [0, 0.1) is 0 Å². The molecule has 0 aliphatic carbocycles. The fourth-order valence-electron chi connectivity index (χ4n) is 3.26. The van der Waals surface area contributed by atoms with Gasteiger partial charge < -0.3 is 18.6 Å². The SMILES string of the molecule is CC(=O)OC(C)(C)[C@H]1Oc2cc3oc(=O)ccc3cc2[C@H]1OC(=O)C=C(C)C. The van der Waals surface area contributed by atoms with E-state index >= 15 is 0 Å². The van der Waals surface area contributed by atoms with Crippen LogP contribution < -0.4 is 10.4 Å². The molecular formula is C21H22O7. The molecule has 3 rings (SSSR count). The number of ether oxygens (including phenoxy) is 3. The number of carbonyl (C=O) groups is 2. The Hall–Kier alpha value is -3.09. The van der Waals surface area contributed by atoms with Crippen LogP contribution in [0.2, 0.25) is 0 Å². The van der Waals surface area contributed by atoms with Crippen LogP contribution in [0.25, 0.3) is 11.0 Å². The molecule has 0 radical (unpaired) electrons. The predicted octanol–water partition coefficient (Wildman–Crippen LogP) is 3.45. The van der Waals surface area contributed by atoms with Crippen LogP contribution in [0.5, 0.6) is 5.75 Å². The molecule has 0 bridgehead atoms. The Labute approximate surface area is 161 Å². The Morgan fingerprint density at radius 2 is 1.86 bits per heavy atom. The molecule has 0 spiro atoms. The van der Waals surface area contributed by atoms with Gasteiger partial charge in [-0.25, -0.2) is 9.59 Å². The molecule has 2 aromatic rings. The van der Waals surface area contributed by atoms with Crippen molar-refractivity contribution in [1.82, 2.24) is 0 Å². The lowest BCUT2D eigenvalue weighted by Gasteiger charge is -2.33. The van der Waals surface area contributed by atoms with E-state index in [1.54, 1.807) is 45.9 Å². The third-order valence-electron chi connectivity index (χ3n) is 4.33. The number of esters is 2. The highest BCUT2D eigenvalue weighted by Crippen LogP contribution is 2.45. The Morgan fingerprint density at radius 1 is 1.14 bits per heavy atom. The highest BCUT2D eigenvalue weighted by Gasteiger charge is 2.48. The summed E-state index contributed by atoms with van der Waals surface area (Å²) in [4.78, 5) is 35.3. The second-order valence-corrected chi connectivity index (χ2v) is 7.50. The molecular weight excluding hydrogens is 364 g/mol. The summed E-state index contributed by atoms with van der Waals surface area (Å²) < 4.78 is 22.3. The zero-order valence-corrected chi connectivity index (χ0v) is 16.4. The van der Waals surface area contributed by atoms with E-state index in [9.17, 15) is 14.4 Å². The quantitative estimate of drug-likeness (QED) is 0.451. The van der Waals surface area contributed by atoms with Gasteiger partial charge in [0, 0.05) is 36.1 Å². The lowest BCUT2D eigenvalue weighted by Crippen LogP contribution is -2.46. The van der Waals surface area contributed by atoms with E-state index in [0.29, 0.717) is 22.3 Å². The molecule has 0 saturated heterocycles. The zero-order chi connectivity index (χ0) is 20.6. The summed E-state index contributed by atoms with van der Waals surface area (Å²) in [6, 6.07) is 6.27. The summed E-state index contributed by atoms with van der Waals surface area (Å²) in [5, 5.41) is 0.663. The number of allylic oxidation sites excluding steroid dienone is 1. The van der Waals surface area contributed by atoms with Crippen molar-refractivity contribution in [3.8, 4) is 5.75 Å². The summed E-state index contributed by atoms with van der Waals surface area (Å²) in [6.45, 7) is 8.25. The van der Waals surface area contributed by atoms with Gasteiger partial charge in [0.1, 0.15) is 16.9 Å². The summed E-state index contributed by atoms with van der Waals surface area (Å²) in [7, 11) is 0. The number of carbonyl (C=O) groups excluding carboxylic acids is 2. The van der Waals surface area contributed by atoms with Gasteiger partial charge in [0.2, 0.25) is 0 Å². The van der Waals surface area contributed by atoms with Crippen molar-refractivity contribution in [3.05, 3.63) is 51.9 Å². The minimum atomic E-state index is -1.08. The van der Waals surface area contributed by atoms with E-state index in [1.165, 1.54) is 19.1 Å². The second-order valence-electron chi connectivity index (χ2n) is 7.50. The van der Waals surface area contributed by atoms with Gasteiger partial charge in [0.15, 0.2) is 12.2 Å². The molecule has 7 nitrogen and oxygen atoms in total. The molecule has 148 valence electrons. The largest absolute Gasteiger partial charge is 0.481 e. The molecule has 1 aromatic carbocycles. The third kappa shape index (κ3) is 3.93. The predicted molar refractivity (Wildman–Crippen MR) is 101 cm³/mol. The number of rotatable bonds is 4. The van der Waals surface area contributed by atoms with Crippen molar-refractivity contribution < 1.29 is 28.2 Å². The van der Waals surface area contributed by atoms with Gasteiger partial charge in [0.25, 0.3) is 0 Å². The van der Waals surface area contributed by atoms with Gasteiger partial charge in [-0.1, -0.05) is 5.57 Å². The molecule has 7 heteroatoms. The van der Waals surface area contributed by atoms with E-state index < -0.39 is 35.4 Å². The molecule has 28 heavy (non-hydrogen) atoms. The maximum absolute atomic E-state index is 12.3. The highest BCUT2D eigenvalue weighted by molar-refractivity contribution is 5.84. The maximum Gasteiger partial charge on any atom is 0.336 e. The van der Waals surface area contributed by atoms with Gasteiger partial charge in [-0.15, -0.1) is 0 Å². The molecule has 0 saturated carbocycles. The van der Waals surface area contributed by atoms with Crippen LogP contribution >= 0.6 is 0 Å². The number of hydrogen-bond donors (Lipinski definition) is 0. The molecule has 0 amide bonds. The van der Waals surface area contributed by atoms with E-state index in [-0.39, 0.29) is 0 Å². The van der Waals surface area contributed by atoms with Crippen LogP contribution in [0.3, 0.4) is 0 Å². The van der Waals surface area contributed by atoms with E-state index in [1.807, 2.05) is 0 Å². The monoisotopic (exact) mass is 386 g/mol. The first kappa shape index (κ1) is 19.7. The number of fused-ring (bicyclic) bond motifs is 2. The van der Waals surface area contributed by atoms with Crippen molar-refractivity contribution in [2.45, 2.75) is 52.4 Å². The molecule has 0 unspecified atom stereocenters. The smallest absolute Gasteiger partial charge is 0.336 e. The number of benzene rings is 1. The molecule has 1 aliphatic heterocycles. The fourth-order valence-corrected chi connectivity index (χ4v) is 3.26. The van der Waals surface area contributed by atoms with Crippen LogP contribution in [-0.2, 0) is 19.1 Å². The van der Waals surface area contributed by atoms with Crippen molar-refractivity contribution in [2.24, 2.45) is 0 Å². The van der Waals surface area contributed by atoms with Gasteiger partial charge in [-0.2, -0.15) is 0 Å². The second kappa shape index (κ2) is 7.14. The van der Waals surface area contributed by atoms with Gasteiger partial charge >= 0.3 is 17.6 Å². The summed E-state index contributed by atoms with van der Waals surface area (Å²) in [6.07, 6.45) is -0.193. The lowest BCUT2D eigenvalue weighted by atomic mass is 9.93. The van der Waals surface area contributed by atoms with Crippen LogP contribution in [0.1, 0.15) is 46.3 Å². The highest BCUT2D eigenvalue weighted by atomic mass is 16.6. The van der Waals surface area contributed by atoms with Crippen molar-refractivity contribution in [2.75, 3.05) is 0 Å². The van der Waals surface area contributed by atoms with E-state index in [2.05, 4.69) is 0 Å². The van der Waals surface area contributed by atoms with E-state index in [0.717, 1.165) is 5.57 Å². The average Bonchev–Trinajstić information content (AvgIpc) is 2.89.